The average Bonchev–Trinajstić information content (AvgIpc) is 2.55. The average molecular weight is 345 g/mol. The Hall–Kier alpha value is -2.49. The van der Waals surface area contributed by atoms with Crippen LogP contribution in [0.15, 0.2) is 28.2 Å². The Balaban J connectivity index is 2.04. The Kier molecular flexibility index (Phi) is 5.85. The summed E-state index contributed by atoms with van der Waals surface area (Å²) in [6, 6.07) is 5.32. The summed E-state index contributed by atoms with van der Waals surface area (Å²) in [5, 5.41) is 0. The van der Waals surface area contributed by atoms with Crippen molar-refractivity contribution < 1.29 is 22.6 Å². The number of hydrogen-bond acceptors (Lipinski definition) is 7. The van der Waals surface area contributed by atoms with Gasteiger partial charge in [0.25, 0.3) is 0 Å². The molecule has 0 atom stereocenters. The Labute approximate surface area is 137 Å². The molecule has 1 heterocycles. The zero-order valence-electron chi connectivity index (χ0n) is 13.2. The van der Waals surface area contributed by atoms with Crippen LogP contribution in [0.4, 0.5) is 18.9 Å². The highest BCUT2D eigenvalue weighted by Crippen LogP contribution is 2.32. The summed E-state index contributed by atoms with van der Waals surface area (Å²) in [7, 11) is 0. The second kappa shape index (κ2) is 7.86. The van der Waals surface area contributed by atoms with Crippen LogP contribution in [0.1, 0.15) is 13.8 Å². The largest absolute Gasteiger partial charge is 0.490 e. The van der Waals surface area contributed by atoms with Crippen molar-refractivity contribution in [3.05, 3.63) is 18.2 Å². The van der Waals surface area contributed by atoms with E-state index < -0.39 is 6.30 Å². The first-order valence-electron chi connectivity index (χ1n) is 7.27. The zero-order valence-corrected chi connectivity index (χ0v) is 13.2. The molecule has 2 rings (SSSR count). The molecule has 1 aromatic rings. The highest BCUT2D eigenvalue weighted by molar-refractivity contribution is 5.94. The molecule has 0 bridgehead atoms. The van der Waals surface area contributed by atoms with Gasteiger partial charge in [-0.05, 0) is 26.0 Å². The molecule has 0 fully saturated rings. The lowest BCUT2D eigenvalue weighted by Gasteiger charge is -2.23. The minimum Gasteiger partial charge on any atom is -0.490 e. The van der Waals surface area contributed by atoms with Gasteiger partial charge in [-0.2, -0.15) is 13.2 Å². The SMILES string of the molecule is CCOc1ccc(N2C=NC(NNC(F)(F)F)=NC2)cc1OCC. The van der Waals surface area contributed by atoms with Crippen molar-refractivity contribution in [3.63, 3.8) is 0 Å². The van der Waals surface area contributed by atoms with Crippen LogP contribution in [0.2, 0.25) is 0 Å². The van der Waals surface area contributed by atoms with Crippen LogP contribution in [0, 0.1) is 0 Å². The smallest absolute Gasteiger partial charge is 0.474 e. The van der Waals surface area contributed by atoms with Crippen molar-refractivity contribution in [2.24, 2.45) is 9.98 Å². The van der Waals surface area contributed by atoms with Gasteiger partial charge in [0.2, 0.25) is 5.96 Å². The number of nitrogens with one attached hydrogen (secondary N) is 2. The van der Waals surface area contributed by atoms with Crippen molar-refractivity contribution in [3.8, 4) is 11.5 Å². The van der Waals surface area contributed by atoms with Gasteiger partial charge in [-0.15, -0.1) is 5.43 Å². The predicted octanol–water partition coefficient (Wildman–Crippen LogP) is 2.26. The third-order valence-electron chi connectivity index (χ3n) is 2.87. The van der Waals surface area contributed by atoms with Gasteiger partial charge >= 0.3 is 6.30 Å². The van der Waals surface area contributed by atoms with E-state index in [1.807, 2.05) is 19.3 Å². The molecule has 24 heavy (non-hydrogen) atoms. The van der Waals surface area contributed by atoms with E-state index in [9.17, 15) is 13.2 Å². The maximum Gasteiger partial charge on any atom is 0.474 e. The van der Waals surface area contributed by atoms with E-state index in [2.05, 4.69) is 9.98 Å². The minimum atomic E-state index is -4.56. The molecule has 7 nitrogen and oxygen atoms in total. The molecule has 0 saturated carbocycles. The van der Waals surface area contributed by atoms with E-state index in [4.69, 9.17) is 9.47 Å². The molecule has 1 aliphatic heterocycles. The van der Waals surface area contributed by atoms with E-state index in [0.717, 1.165) is 11.1 Å². The van der Waals surface area contributed by atoms with Crippen molar-refractivity contribution in [1.29, 1.82) is 0 Å². The second-order valence-electron chi connectivity index (χ2n) is 4.58. The van der Waals surface area contributed by atoms with Gasteiger partial charge in [-0.1, -0.05) is 0 Å². The first kappa shape index (κ1) is 17.9. The van der Waals surface area contributed by atoms with E-state index in [0.29, 0.717) is 24.7 Å². The van der Waals surface area contributed by atoms with Gasteiger partial charge in [-0.25, -0.2) is 9.98 Å². The number of hydrazine groups is 1. The van der Waals surface area contributed by atoms with Gasteiger partial charge in [-0.3, -0.25) is 5.43 Å². The predicted molar refractivity (Wildman–Crippen MR) is 84.4 cm³/mol. The monoisotopic (exact) mass is 345 g/mol. The standard InChI is InChI=1S/C14H18F3N5O2/c1-3-23-11-6-5-10(7-12(11)24-4-2)22-8-18-13(19-9-22)20-21-14(15,16)17/h5-8,21H,3-4,9H2,1-2H3,(H,19,20). The molecule has 0 aliphatic carbocycles. The normalized spacial score (nSPS) is 14.4. The van der Waals surface area contributed by atoms with Gasteiger partial charge in [0.1, 0.15) is 13.0 Å². The van der Waals surface area contributed by atoms with Gasteiger partial charge < -0.3 is 14.4 Å². The Morgan fingerprint density at radius 2 is 1.88 bits per heavy atom. The molecule has 1 aliphatic rings. The quantitative estimate of drug-likeness (QED) is 0.611. The Bertz CT molecular complexity index is 619. The van der Waals surface area contributed by atoms with Crippen LogP contribution in [0.3, 0.4) is 0 Å². The molecule has 0 radical (unpaired) electrons. The molecule has 2 N–H and O–H groups in total. The van der Waals surface area contributed by atoms with Crippen LogP contribution >= 0.6 is 0 Å². The van der Waals surface area contributed by atoms with Crippen LogP contribution in [-0.2, 0) is 0 Å². The first-order valence-corrected chi connectivity index (χ1v) is 7.27. The van der Waals surface area contributed by atoms with Crippen molar-refractivity contribution >= 4 is 18.0 Å². The molecular formula is C14H18F3N5O2. The van der Waals surface area contributed by atoms with Gasteiger partial charge in [0, 0.05) is 11.8 Å². The van der Waals surface area contributed by atoms with Gasteiger partial charge in [0.05, 0.1) is 13.2 Å². The number of guanidine groups is 1. The lowest BCUT2D eigenvalue weighted by atomic mass is 10.2. The fraction of sp³-hybridized carbons (Fsp3) is 0.429. The van der Waals surface area contributed by atoms with Crippen molar-refractivity contribution in [2.45, 2.75) is 20.1 Å². The summed E-state index contributed by atoms with van der Waals surface area (Å²) in [6.45, 7) is 4.84. The second-order valence-corrected chi connectivity index (χ2v) is 4.58. The summed E-state index contributed by atoms with van der Waals surface area (Å²) >= 11 is 0. The van der Waals surface area contributed by atoms with E-state index in [1.54, 1.807) is 23.1 Å². The number of ether oxygens (including phenoxy) is 2. The third kappa shape index (κ3) is 5.01. The summed E-state index contributed by atoms with van der Waals surface area (Å²) in [6.07, 6.45) is -3.17. The molecule has 1 aromatic carbocycles. The number of rotatable bonds is 6. The molecule has 132 valence electrons. The lowest BCUT2D eigenvalue weighted by molar-refractivity contribution is -0.162. The van der Waals surface area contributed by atoms with E-state index in [1.165, 1.54) is 6.34 Å². The van der Waals surface area contributed by atoms with Crippen molar-refractivity contribution in [2.75, 3.05) is 24.8 Å². The highest BCUT2D eigenvalue weighted by atomic mass is 19.4. The molecule has 0 aromatic heterocycles. The number of anilines is 1. The fourth-order valence-corrected chi connectivity index (χ4v) is 1.91. The number of benzene rings is 1. The third-order valence-corrected chi connectivity index (χ3v) is 2.87. The fourth-order valence-electron chi connectivity index (χ4n) is 1.91. The van der Waals surface area contributed by atoms with Crippen LogP contribution in [0.5, 0.6) is 11.5 Å². The minimum absolute atomic E-state index is 0.116. The number of hydrogen-bond donors (Lipinski definition) is 2. The highest BCUT2D eigenvalue weighted by Gasteiger charge is 2.27. The topological polar surface area (TPSA) is 70.5 Å². The Morgan fingerprint density at radius 1 is 1.17 bits per heavy atom. The maximum atomic E-state index is 12.1. The first-order chi connectivity index (χ1) is 11.4. The van der Waals surface area contributed by atoms with E-state index >= 15 is 0 Å². The van der Waals surface area contributed by atoms with Crippen LogP contribution in [-0.4, -0.2) is 38.5 Å². The van der Waals surface area contributed by atoms with Crippen LogP contribution in [0.25, 0.3) is 0 Å². The molecular weight excluding hydrogens is 327 g/mol. The van der Waals surface area contributed by atoms with Gasteiger partial charge in [0.15, 0.2) is 11.5 Å². The summed E-state index contributed by atoms with van der Waals surface area (Å²) in [4.78, 5) is 9.42. The molecule has 10 heteroatoms. The maximum absolute atomic E-state index is 12.1. The lowest BCUT2D eigenvalue weighted by Crippen LogP contribution is -2.47. The zero-order chi connectivity index (χ0) is 17.6. The van der Waals surface area contributed by atoms with E-state index in [-0.39, 0.29) is 12.6 Å². The number of aliphatic imine (C=N–C) groups is 2. The summed E-state index contributed by atoms with van der Waals surface area (Å²) in [5.74, 6) is 1.05. The molecule has 0 unspecified atom stereocenters. The Morgan fingerprint density at radius 3 is 2.46 bits per heavy atom. The van der Waals surface area contributed by atoms with Crippen molar-refractivity contribution in [1.82, 2.24) is 10.9 Å². The molecule has 0 amide bonds. The number of alkyl halides is 3. The summed E-state index contributed by atoms with van der Waals surface area (Å²) < 4.78 is 47.2. The number of nitrogens with zero attached hydrogens (tertiary/aromatic N) is 3. The van der Waals surface area contributed by atoms with Crippen LogP contribution < -0.4 is 25.2 Å². The molecule has 0 spiro atoms. The molecule has 0 saturated heterocycles. The summed E-state index contributed by atoms with van der Waals surface area (Å²) in [5.41, 5.74) is 3.77. The number of halogens is 3.